The molecule has 19 heavy (non-hydrogen) atoms. The molecule has 1 aliphatic rings. The summed E-state index contributed by atoms with van der Waals surface area (Å²) < 4.78 is 1.11. The van der Waals surface area contributed by atoms with Crippen LogP contribution in [0.2, 0.25) is 0 Å². The molecule has 2 aromatic carbocycles. The van der Waals surface area contributed by atoms with Crippen LogP contribution in [0, 0.1) is 0 Å². The Kier molecular flexibility index (Phi) is 3.58. The van der Waals surface area contributed by atoms with Gasteiger partial charge in [0.1, 0.15) is 0 Å². The van der Waals surface area contributed by atoms with Crippen molar-refractivity contribution in [3.8, 4) is 0 Å². The Labute approximate surface area is 122 Å². The average molecular weight is 317 g/mol. The standard InChI is InChI=1S/C16H17BrN2/c17-15-6-5-13(10-18)16(9-15)19-8-7-12-3-1-2-4-14(12)11-19/h1-6,9H,7-8,10-11,18H2. The zero-order valence-electron chi connectivity index (χ0n) is 10.8. The van der Waals surface area contributed by atoms with Crippen molar-refractivity contribution in [3.05, 3.63) is 63.6 Å². The first-order valence-corrected chi connectivity index (χ1v) is 7.37. The van der Waals surface area contributed by atoms with Gasteiger partial charge in [-0.3, -0.25) is 0 Å². The highest BCUT2D eigenvalue weighted by Crippen LogP contribution is 2.29. The van der Waals surface area contributed by atoms with Gasteiger partial charge < -0.3 is 10.6 Å². The van der Waals surface area contributed by atoms with Crippen LogP contribution in [0.15, 0.2) is 46.9 Å². The van der Waals surface area contributed by atoms with E-state index in [1.165, 1.54) is 22.4 Å². The van der Waals surface area contributed by atoms with Crippen LogP contribution in [-0.2, 0) is 19.5 Å². The molecule has 0 saturated carbocycles. The third kappa shape index (κ3) is 2.53. The molecule has 3 rings (SSSR count). The molecule has 2 N–H and O–H groups in total. The quantitative estimate of drug-likeness (QED) is 0.919. The molecule has 0 fully saturated rings. The van der Waals surface area contributed by atoms with Crippen molar-refractivity contribution in [2.45, 2.75) is 19.5 Å². The number of halogens is 1. The first-order valence-electron chi connectivity index (χ1n) is 6.58. The molecular formula is C16H17BrN2. The number of nitrogens with zero attached hydrogens (tertiary/aromatic N) is 1. The molecule has 1 heterocycles. The zero-order valence-corrected chi connectivity index (χ0v) is 12.4. The molecule has 0 unspecified atom stereocenters. The van der Waals surface area contributed by atoms with Gasteiger partial charge in [-0.05, 0) is 35.2 Å². The molecule has 0 saturated heterocycles. The van der Waals surface area contributed by atoms with Crippen molar-refractivity contribution in [3.63, 3.8) is 0 Å². The third-order valence-electron chi connectivity index (χ3n) is 3.74. The van der Waals surface area contributed by atoms with Gasteiger partial charge in [0, 0.05) is 29.8 Å². The van der Waals surface area contributed by atoms with Gasteiger partial charge in [0.2, 0.25) is 0 Å². The van der Waals surface area contributed by atoms with E-state index in [1.807, 2.05) is 0 Å². The van der Waals surface area contributed by atoms with Gasteiger partial charge in [-0.15, -0.1) is 0 Å². The number of fused-ring (bicyclic) bond motifs is 1. The number of hydrogen-bond acceptors (Lipinski definition) is 2. The molecule has 0 aliphatic carbocycles. The lowest BCUT2D eigenvalue weighted by atomic mass is 9.99. The normalized spacial score (nSPS) is 14.3. The molecule has 3 heteroatoms. The van der Waals surface area contributed by atoms with Gasteiger partial charge in [0.05, 0.1) is 0 Å². The van der Waals surface area contributed by atoms with Gasteiger partial charge in [0.15, 0.2) is 0 Å². The van der Waals surface area contributed by atoms with E-state index in [0.717, 1.165) is 24.0 Å². The maximum atomic E-state index is 5.86. The maximum Gasteiger partial charge on any atom is 0.0432 e. The first kappa shape index (κ1) is 12.7. The van der Waals surface area contributed by atoms with Crippen molar-refractivity contribution in [2.24, 2.45) is 5.73 Å². The van der Waals surface area contributed by atoms with Crippen molar-refractivity contribution in [2.75, 3.05) is 11.4 Å². The van der Waals surface area contributed by atoms with E-state index in [4.69, 9.17) is 5.73 Å². The molecular weight excluding hydrogens is 300 g/mol. The average Bonchev–Trinajstić information content (AvgIpc) is 2.46. The van der Waals surface area contributed by atoms with Crippen LogP contribution in [0.25, 0.3) is 0 Å². The first-order chi connectivity index (χ1) is 9.28. The van der Waals surface area contributed by atoms with Crippen molar-refractivity contribution >= 4 is 21.6 Å². The lowest BCUT2D eigenvalue weighted by Crippen LogP contribution is -2.31. The number of rotatable bonds is 2. The van der Waals surface area contributed by atoms with Crippen LogP contribution in [0.3, 0.4) is 0 Å². The highest BCUT2D eigenvalue weighted by Gasteiger charge is 2.18. The fourth-order valence-corrected chi connectivity index (χ4v) is 3.05. The topological polar surface area (TPSA) is 29.3 Å². The zero-order chi connectivity index (χ0) is 13.2. The van der Waals surface area contributed by atoms with E-state index in [1.54, 1.807) is 0 Å². The molecule has 2 aromatic rings. The van der Waals surface area contributed by atoms with Crippen LogP contribution < -0.4 is 10.6 Å². The highest BCUT2D eigenvalue weighted by atomic mass is 79.9. The summed E-state index contributed by atoms with van der Waals surface area (Å²) in [4.78, 5) is 2.43. The van der Waals surface area contributed by atoms with Crippen molar-refractivity contribution in [1.29, 1.82) is 0 Å². The van der Waals surface area contributed by atoms with Crippen LogP contribution in [-0.4, -0.2) is 6.54 Å². The number of anilines is 1. The van der Waals surface area contributed by atoms with E-state index in [9.17, 15) is 0 Å². The molecule has 98 valence electrons. The molecule has 0 radical (unpaired) electrons. The molecule has 0 amide bonds. The lowest BCUT2D eigenvalue weighted by molar-refractivity contribution is 0.726. The Morgan fingerprint density at radius 1 is 1.11 bits per heavy atom. The summed E-state index contributed by atoms with van der Waals surface area (Å²) >= 11 is 3.56. The van der Waals surface area contributed by atoms with Crippen LogP contribution in [0.4, 0.5) is 5.69 Å². The number of benzene rings is 2. The van der Waals surface area contributed by atoms with Gasteiger partial charge in [-0.2, -0.15) is 0 Å². The third-order valence-corrected chi connectivity index (χ3v) is 4.23. The molecule has 0 spiro atoms. The Morgan fingerprint density at radius 3 is 2.68 bits per heavy atom. The summed E-state index contributed by atoms with van der Waals surface area (Å²) in [5.74, 6) is 0. The number of nitrogens with two attached hydrogens (primary N) is 1. The van der Waals surface area contributed by atoms with Gasteiger partial charge >= 0.3 is 0 Å². The molecule has 2 nitrogen and oxygen atoms in total. The fourth-order valence-electron chi connectivity index (χ4n) is 2.71. The van der Waals surface area contributed by atoms with Crippen LogP contribution >= 0.6 is 15.9 Å². The predicted molar refractivity (Wildman–Crippen MR) is 83.2 cm³/mol. The Balaban J connectivity index is 1.95. The largest absolute Gasteiger partial charge is 0.367 e. The summed E-state index contributed by atoms with van der Waals surface area (Å²) in [5, 5.41) is 0. The van der Waals surface area contributed by atoms with Crippen LogP contribution in [0.1, 0.15) is 16.7 Å². The highest BCUT2D eigenvalue weighted by molar-refractivity contribution is 9.10. The van der Waals surface area contributed by atoms with Gasteiger partial charge in [-0.25, -0.2) is 0 Å². The second-order valence-electron chi connectivity index (χ2n) is 4.92. The van der Waals surface area contributed by atoms with E-state index in [2.05, 4.69) is 63.3 Å². The SMILES string of the molecule is NCc1ccc(Br)cc1N1CCc2ccccc2C1. The van der Waals surface area contributed by atoms with E-state index >= 15 is 0 Å². The van der Waals surface area contributed by atoms with Crippen molar-refractivity contribution in [1.82, 2.24) is 0 Å². The van der Waals surface area contributed by atoms with Gasteiger partial charge in [-0.1, -0.05) is 46.3 Å². The van der Waals surface area contributed by atoms with E-state index in [-0.39, 0.29) is 0 Å². The minimum Gasteiger partial charge on any atom is -0.367 e. The maximum absolute atomic E-state index is 5.86. The van der Waals surface area contributed by atoms with E-state index in [0.29, 0.717) is 6.54 Å². The van der Waals surface area contributed by atoms with Gasteiger partial charge in [0.25, 0.3) is 0 Å². The van der Waals surface area contributed by atoms with E-state index < -0.39 is 0 Å². The smallest absolute Gasteiger partial charge is 0.0432 e. The summed E-state index contributed by atoms with van der Waals surface area (Å²) in [6, 6.07) is 15.0. The molecule has 0 bridgehead atoms. The fraction of sp³-hybridized carbons (Fsp3) is 0.250. The minimum atomic E-state index is 0.584. The monoisotopic (exact) mass is 316 g/mol. The molecule has 1 aliphatic heterocycles. The number of hydrogen-bond donors (Lipinski definition) is 1. The summed E-state index contributed by atoms with van der Waals surface area (Å²) in [6.45, 7) is 2.61. The second-order valence-corrected chi connectivity index (χ2v) is 5.83. The van der Waals surface area contributed by atoms with Crippen LogP contribution in [0.5, 0.6) is 0 Å². The van der Waals surface area contributed by atoms with Crippen molar-refractivity contribution < 1.29 is 0 Å². The minimum absolute atomic E-state index is 0.584. The Morgan fingerprint density at radius 2 is 1.89 bits per heavy atom. The lowest BCUT2D eigenvalue weighted by Gasteiger charge is -2.32. The second kappa shape index (κ2) is 5.35. The molecule has 0 aromatic heterocycles. The Bertz CT molecular complexity index is 595. The molecule has 0 atom stereocenters. The Hall–Kier alpha value is -1.32. The summed E-state index contributed by atoms with van der Waals surface area (Å²) in [5.41, 5.74) is 11.2. The summed E-state index contributed by atoms with van der Waals surface area (Å²) in [6.07, 6.45) is 1.10. The predicted octanol–water partition coefficient (Wildman–Crippen LogP) is 3.47. The summed E-state index contributed by atoms with van der Waals surface area (Å²) in [7, 11) is 0.